The van der Waals surface area contributed by atoms with Gasteiger partial charge in [0.15, 0.2) is 0 Å². The highest BCUT2D eigenvalue weighted by molar-refractivity contribution is 5.92. The minimum absolute atomic E-state index is 0.930. The topological polar surface area (TPSA) is 0 Å². The molecule has 252 valence electrons. The Bertz CT molecular complexity index is 2480. The Morgan fingerprint density at radius 3 is 1.77 bits per heavy atom. The van der Waals surface area contributed by atoms with Crippen molar-refractivity contribution < 1.29 is 0 Å². The molecule has 0 N–H and O–H groups in total. The summed E-state index contributed by atoms with van der Waals surface area (Å²) in [6, 6.07) is 54.0. The van der Waals surface area contributed by atoms with Crippen molar-refractivity contribution in [1.29, 1.82) is 0 Å². The summed E-state index contributed by atoms with van der Waals surface area (Å²) >= 11 is 0. The largest absolute Gasteiger partial charge is 0.0912 e. The van der Waals surface area contributed by atoms with Crippen molar-refractivity contribution in [3.63, 3.8) is 0 Å². The van der Waals surface area contributed by atoms with E-state index in [9.17, 15) is 0 Å². The predicted octanol–water partition coefficient (Wildman–Crippen LogP) is 12.6. The molecule has 0 bridgehead atoms. The summed E-state index contributed by atoms with van der Waals surface area (Å²) in [6.07, 6.45) is 13.3. The smallest absolute Gasteiger partial charge is 0.0143 e. The Labute approximate surface area is 309 Å². The molecule has 0 nitrogen and oxygen atoms in total. The van der Waals surface area contributed by atoms with Crippen molar-refractivity contribution >= 4 is 23.8 Å². The molecule has 1 aliphatic carbocycles. The third-order valence-electron chi connectivity index (χ3n) is 10.0. The summed E-state index contributed by atoms with van der Waals surface area (Å²) in [5.41, 5.74) is 16.9. The van der Waals surface area contributed by atoms with Crippen LogP contribution >= 0.6 is 0 Å². The molecule has 52 heavy (non-hydrogen) atoms. The Morgan fingerprint density at radius 2 is 1.12 bits per heavy atom. The molecule has 0 aliphatic heterocycles. The summed E-state index contributed by atoms with van der Waals surface area (Å²) in [6.45, 7) is 13.2. The van der Waals surface area contributed by atoms with E-state index in [1.165, 1.54) is 66.8 Å². The lowest BCUT2D eigenvalue weighted by Crippen LogP contribution is -2.22. The molecule has 0 aromatic heterocycles. The van der Waals surface area contributed by atoms with Crippen LogP contribution in [0.25, 0.3) is 57.2 Å². The molecule has 0 saturated carbocycles. The van der Waals surface area contributed by atoms with Gasteiger partial charge in [-0.15, -0.1) is 0 Å². The Hall–Kier alpha value is -6.24. The number of benzene rings is 6. The summed E-state index contributed by atoms with van der Waals surface area (Å²) in [5.74, 6) is 0. The van der Waals surface area contributed by atoms with E-state index >= 15 is 0 Å². The van der Waals surface area contributed by atoms with Gasteiger partial charge in [0.25, 0.3) is 0 Å². The summed E-state index contributed by atoms with van der Waals surface area (Å²) in [4.78, 5) is 0. The molecule has 1 aliphatic rings. The molecule has 0 amide bonds. The molecule has 0 heterocycles. The Morgan fingerprint density at radius 1 is 0.558 bits per heavy atom. The van der Waals surface area contributed by atoms with Gasteiger partial charge in [0.2, 0.25) is 0 Å². The number of aryl methyl sites for hydroxylation is 1. The maximum atomic E-state index is 4.65. The minimum Gasteiger partial charge on any atom is -0.0912 e. The van der Waals surface area contributed by atoms with Gasteiger partial charge in [0.1, 0.15) is 0 Å². The number of hydrogen-bond acceptors (Lipinski definition) is 0. The number of rotatable bonds is 9. The van der Waals surface area contributed by atoms with E-state index in [1.54, 1.807) is 0 Å². The average Bonchev–Trinajstić information content (AvgIpc) is 3.21. The van der Waals surface area contributed by atoms with Crippen LogP contribution in [0.4, 0.5) is 0 Å². The van der Waals surface area contributed by atoms with Crippen molar-refractivity contribution in [3.05, 3.63) is 226 Å². The second-order valence-electron chi connectivity index (χ2n) is 13.5. The quantitative estimate of drug-likeness (QED) is 0.135. The molecule has 0 heteroatoms. The van der Waals surface area contributed by atoms with Gasteiger partial charge in [-0.3, -0.25) is 0 Å². The summed E-state index contributed by atoms with van der Waals surface area (Å²) < 4.78 is 0. The first-order chi connectivity index (χ1) is 25.5. The lowest BCUT2D eigenvalue weighted by Gasteiger charge is -2.21. The van der Waals surface area contributed by atoms with Gasteiger partial charge in [0, 0.05) is 0 Å². The number of allylic oxidation sites excluding steroid dienone is 9. The van der Waals surface area contributed by atoms with Crippen LogP contribution in [-0.4, -0.2) is 0 Å². The van der Waals surface area contributed by atoms with E-state index in [4.69, 9.17) is 0 Å². The molecule has 0 atom stereocenters. The van der Waals surface area contributed by atoms with Crippen LogP contribution in [-0.2, 0) is 0 Å². The highest BCUT2D eigenvalue weighted by atomic mass is 14.2. The maximum absolute atomic E-state index is 4.65. The monoisotopic (exact) mass is 668 g/mol. The van der Waals surface area contributed by atoms with Crippen LogP contribution in [0.1, 0.15) is 36.5 Å². The predicted molar refractivity (Wildman–Crippen MR) is 226 cm³/mol. The van der Waals surface area contributed by atoms with Crippen molar-refractivity contribution in [2.75, 3.05) is 0 Å². The minimum atomic E-state index is 0.930. The zero-order valence-electron chi connectivity index (χ0n) is 30.1. The van der Waals surface area contributed by atoms with E-state index < -0.39 is 0 Å². The first kappa shape index (κ1) is 34.2. The van der Waals surface area contributed by atoms with Crippen LogP contribution in [0.3, 0.4) is 0 Å². The fraction of sp³-hybridized carbons (Fsp3) is 0.0769. The van der Waals surface area contributed by atoms with Gasteiger partial charge in [-0.1, -0.05) is 165 Å². The van der Waals surface area contributed by atoms with Crippen LogP contribution in [0.15, 0.2) is 199 Å². The normalized spacial score (nSPS) is 13.8. The van der Waals surface area contributed by atoms with Crippen molar-refractivity contribution in [3.8, 4) is 33.4 Å². The molecule has 6 aromatic carbocycles. The first-order valence-corrected chi connectivity index (χ1v) is 18.1. The van der Waals surface area contributed by atoms with E-state index in [0.29, 0.717) is 0 Å². The highest BCUT2D eigenvalue weighted by Crippen LogP contribution is 2.38. The van der Waals surface area contributed by atoms with Crippen LogP contribution < -0.4 is 10.4 Å². The Balaban J connectivity index is 1.32. The molecule has 0 saturated heterocycles. The molecule has 0 fully saturated rings. The summed E-state index contributed by atoms with van der Waals surface area (Å²) in [7, 11) is 0. The van der Waals surface area contributed by atoms with Crippen LogP contribution in [0.2, 0.25) is 0 Å². The van der Waals surface area contributed by atoms with Gasteiger partial charge in [-0.05, 0) is 145 Å². The van der Waals surface area contributed by atoms with Gasteiger partial charge in [-0.25, -0.2) is 0 Å². The van der Waals surface area contributed by atoms with Gasteiger partial charge >= 0.3 is 0 Å². The maximum Gasteiger partial charge on any atom is -0.0143 e. The van der Waals surface area contributed by atoms with Crippen molar-refractivity contribution in [1.82, 2.24) is 0 Å². The zero-order chi connectivity index (χ0) is 35.9. The van der Waals surface area contributed by atoms with Crippen molar-refractivity contribution in [2.45, 2.75) is 26.7 Å². The average molecular weight is 669 g/mol. The number of hydrogen-bond donors (Lipinski definition) is 0. The van der Waals surface area contributed by atoms with E-state index in [-0.39, 0.29) is 0 Å². The highest BCUT2D eigenvalue weighted by Gasteiger charge is 2.17. The van der Waals surface area contributed by atoms with E-state index in [0.717, 1.165) is 34.4 Å². The lowest BCUT2D eigenvalue weighted by atomic mass is 9.83. The second kappa shape index (κ2) is 15.8. The van der Waals surface area contributed by atoms with Gasteiger partial charge in [0.05, 0.1) is 0 Å². The fourth-order valence-electron chi connectivity index (χ4n) is 7.04. The van der Waals surface area contributed by atoms with Crippen LogP contribution in [0, 0.1) is 6.92 Å². The lowest BCUT2D eigenvalue weighted by molar-refractivity contribution is 0.948. The third kappa shape index (κ3) is 7.73. The second-order valence-corrected chi connectivity index (χ2v) is 13.5. The molecule has 0 radical (unpaired) electrons. The molecule has 6 aromatic rings. The van der Waals surface area contributed by atoms with E-state index in [2.05, 4.69) is 203 Å². The zero-order valence-corrected chi connectivity index (χ0v) is 30.1. The SMILES string of the molecule is C=C(/C=C(/C1=CC=C(C(=CC)/C=c2/ccccc2=C)CC1)c1cc(-c2cccc(-c3ccccc3)c2)ccc1C)c1cccc(-c2ccccc2)c1. The molecule has 7 rings (SSSR count). The first-order valence-electron chi connectivity index (χ1n) is 18.1. The fourth-order valence-corrected chi connectivity index (χ4v) is 7.04. The molecular weight excluding hydrogens is 625 g/mol. The summed E-state index contributed by atoms with van der Waals surface area (Å²) in [5, 5.41) is 2.20. The molecular formula is C52H44. The Kier molecular flexibility index (Phi) is 10.4. The molecule has 0 unspecified atom stereocenters. The van der Waals surface area contributed by atoms with Crippen LogP contribution in [0.5, 0.6) is 0 Å². The standard InChI is InChI=1S/C52H44/c1-5-40(33-45-21-13-12-16-37(45)2)43-28-30-44(31-29-43)52(32-39(4)46-22-14-23-47(34-46)41-17-8-6-9-18-41)51-36-50(27-26-38(51)3)49-25-15-24-48(35-49)42-19-10-7-11-20-42/h5-28,30,32-36H,2,4,29,31H2,1,3H3/b40-5?,45-33-,52-32-. The molecule has 0 spiro atoms. The third-order valence-corrected chi connectivity index (χ3v) is 10.0. The van der Waals surface area contributed by atoms with E-state index in [1.807, 2.05) is 6.07 Å². The van der Waals surface area contributed by atoms with Gasteiger partial charge < -0.3 is 0 Å². The van der Waals surface area contributed by atoms with Gasteiger partial charge in [-0.2, -0.15) is 0 Å². The van der Waals surface area contributed by atoms with Crippen molar-refractivity contribution in [2.24, 2.45) is 0 Å².